The molecular weight excluding hydrogens is 372 g/mol. The summed E-state index contributed by atoms with van der Waals surface area (Å²) in [5, 5.41) is 1.10. The van der Waals surface area contributed by atoms with Gasteiger partial charge in [0.25, 0.3) is 0 Å². The highest BCUT2D eigenvalue weighted by Gasteiger charge is 2.28. The van der Waals surface area contributed by atoms with E-state index in [1.165, 1.54) is 6.08 Å². The summed E-state index contributed by atoms with van der Waals surface area (Å²) in [6.07, 6.45) is 1.52. The maximum absolute atomic E-state index is 12.9. The van der Waals surface area contributed by atoms with E-state index in [-0.39, 0.29) is 11.8 Å². The van der Waals surface area contributed by atoms with Gasteiger partial charge in [-0.3, -0.25) is 4.79 Å². The molecule has 0 saturated carbocycles. The number of amides is 1. The van der Waals surface area contributed by atoms with Crippen molar-refractivity contribution in [2.24, 2.45) is 5.92 Å². The number of carbonyl (C=O) groups is 1. The van der Waals surface area contributed by atoms with Crippen molar-refractivity contribution in [3.05, 3.63) is 76.7 Å². The molecule has 1 N–H and O–H groups in total. The van der Waals surface area contributed by atoms with Gasteiger partial charge < -0.3 is 4.90 Å². The summed E-state index contributed by atoms with van der Waals surface area (Å²) in [6, 6.07) is 16.2. The molecule has 0 aliphatic heterocycles. The number of aryl methyl sites for hydroxylation is 1. The van der Waals surface area contributed by atoms with E-state index in [0.717, 1.165) is 22.1 Å². The number of hydrogen-bond donors (Lipinski definition) is 1. The van der Waals surface area contributed by atoms with Crippen molar-refractivity contribution in [2.45, 2.75) is 33.4 Å². The maximum atomic E-state index is 12.9. The fraction of sp³-hybridized carbons (Fsp3) is 0.318. The van der Waals surface area contributed by atoms with Crippen molar-refractivity contribution in [3.63, 3.8) is 0 Å². The third kappa shape index (κ3) is 6.32. The second-order valence-corrected chi connectivity index (χ2v) is 8.82. The summed E-state index contributed by atoms with van der Waals surface area (Å²) in [5.74, 6) is -0.443. The Labute approximate surface area is 168 Å². The van der Waals surface area contributed by atoms with Crippen LogP contribution < -0.4 is 4.72 Å². The van der Waals surface area contributed by atoms with Gasteiger partial charge >= 0.3 is 0 Å². The number of sulfonamides is 1. The number of nitrogens with zero attached hydrogens (tertiary/aromatic N) is 1. The molecule has 0 aromatic heterocycles. The largest absolute Gasteiger partial charge is 0.340 e. The van der Waals surface area contributed by atoms with Crippen LogP contribution in [-0.4, -0.2) is 32.3 Å². The van der Waals surface area contributed by atoms with E-state index in [1.807, 2.05) is 75.4 Å². The molecule has 0 fully saturated rings. The Balaban J connectivity index is 2.12. The first-order chi connectivity index (χ1) is 13.2. The molecule has 2 aromatic carbocycles. The summed E-state index contributed by atoms with van der Waals surface area (Å²) in [6.45, 7) is 6.07. The Bertz CT molecular complexity index is 922. The number of hydrogen-bond acceptors (Lipinski definition) is 3. The minimum atomic E-state index is -3.76. The minimum absolute atomic E-state index is 0.188. The Kier molecular flexibility index (Phi) is 7.54. The highest BCUT2D eigenvalue weighted by atomic mass is 32.2. The molecule has 1 amide bonds. The predicted molar refractivity (Wildman–Crippen MR) is 114 cm³/mol. The minimum Gasteiger partial charge on any atom is -0.340 e. The third-order valence-electron chi connectivity index (χ3n) is 4.51. The standard InChI is InChI=1S/C22H28N2O3S/c1-17(2)21(22(25)24(4)16-20-13-9-8-10-18(20)3)23-28(26,27)15-14-19-11-6-5-7-12-19/h5-15,17,21,23H,16H2,1-4H3/b15-14+/t21-/m0/s1. The molecule has 0 aliphatic carbocycles. The Morgan fingerprint density at radius 1 is 1.07 bits per heavy atom. The summed E-state index contributed by atoms with van der Waals surface area (Å²) in [7, 11) is -2.07. The van der Waals surface area contributed by atoms with Crippen molar-refractivity contribution >= 4 is 22.0 Å². The number of rotatable bonds is 8. The van der Waals surface area contributed by atoms with Gasteiger partial charge in [0.05, 0.1) is 0 Å². The molecule has 5 nitrogen and oxygen atoms in total. The highest BCUT2D eigenvalue weighted by Crippen LogP contribution is 2.13. The van der Waals surface area contributed by atoms with E-state index >= 15 is 0 Å². The predicted octanol–water partition coefficient (Wildman–Crippen LogP) is 3.57. The summed E-state index contributed by atoms with van der Waals surface area (Å²) >= 11 is 0. The quantitative estimate of drug-likeness (QED) is 0.737. The molecule has 2 aromatic rings. The van der Waals surface area contributed by atoms with Gasteiger partial charge in [0.1, 0.15) is 6.04 Å². The van der Waals surface area contributed by atoms with E-state index in [9.17, 15) is 13.2 Å². The van der Waals surface area contributed by atoms with Gasteiger partial charge in [0.15, 0.2) is 0 Å². The van der Waals surface area contributed by atoms with Crippen LogP contribution in [0.4, 0.5) is 0 Å². The molecule has 0 unspecified atom stereocenters. The van der Waals surface area contributed by atoms with Crippen LogP contribution in [0.3, 0.4) is 0 Å². The summed E-state index contributed by atoms with van der Waals surface area (Å²) in [5.41, 5.74) is 2.90. The van der Waals surface area contributed by atoms with Gasteiger partial charge in [-0.25, -0.2) is 8.42 Å². The lowest BCUT2D eigenvalue weighted by atomic mass is 10.0. The van der Waals surface area contributed by atoms with Gasteiger partial charge in [-0.05, 0) is 35.6 Å². The monoisotopic (exact) mass is 400 g/mol. The lowest BCUT2D eigenvalue weighted by Gasteiger charge is -2.27. The molecule has 28 heavy (non-hydrogen) atoms. The van der Waals surface area contributed by atoms with Crippen LogP contribution in [0.1, 0.15) is 30.5 Å². The van der Waals surface area contributed by atoms with E-state index in [4.69, 9.17) is 0 Å². The molecule has 0 heterocycles. The fourth-order valence-corrected chi connectivity index (χ4v) is 3.92. The van der Waals surface area contributed by atoms with Crippen molar-refractivity contribution in [2.75, 3.05) is 7.05 Å². The lowest BCUT2D eigenvalue weighted by Crippen LogP contribution is -2.49. The second kappa shape index (κ2) is 9.66. The zero-order chi connectivity index (χ0) is 20.7. The number of benzene rings is 2. The molecule has 2 rings (SSSR count). The van der Waals surface area contributed by atoms with Crippen LogP contribution in [0.25, 0.3) is 6.08 Å². The average Bonchev–Trinajstić information content (AvgIpc) is 2.66. The summed E-state index contributed by atoms with van der Waals surface area (Å²) < 4.78 is 27.5. The van der Waals surface area contributed by atoms with Gasteiger partial charge in [0, 0.05) is 19.0 Å². The average molecular weight is 401 g/mol. The molecule has 0 bridgehead atoms. The maximum Gasteiger partial charge on any atom is 0.241 e. The fourth-order valence-electron chi connectivity index (χ4n) is 2.78. The zero-order valence-electron chi connectivity index (χ0n) is 16.8. The van der Waals surface area contributed by atoms with E-state index in [0.29, 0.717) is 6.54 Å². The van der Waals surface area contributed by atoms with Crippen molar-refractivity contribution in [3.8, 4) is 0 Å². The zero-order valence-corrected chi connectivity index (χ0v) is 17.6. The van der Waals surface area contributed by atoms with E-state index in [2.05, 4.69) is 4.72 Å². The molecule has 6 heteroatoms. The van der Waals surface area contributed by atoms with Crippen molar-refractivity contribution in [1.29, 1.82) is 0 Å². The molecule has 0 radical (unpaired) electrons. The van der Waals surface area contributed by atoms with E-state index in [1.54, 1.807) is 11.9 Å². The van der Waals surface area contributed by atoms with Gasteiger partial charge in [-0.1, -0.05) is 68.4 Å². The molecule has 0 saturated heterocycles. The first-order valence-electron chi connectivity index (χ1n) is 9.24. The van der Waals surface area contributed by atoms with Crippen molar-refractivity contribution < 1.29 is 13.2 Å². The molecule has 1 atom stereocenters. The molecule has 150 valence electrons. The topological polar surface area (TPSA) is 66.5 Å². The van der Waals surface area contributed by atoms with Crippen LogP contribution >= 0.6 is 0 Å². The normalized spacial score (nSPS) is 13.0. The first kappa shape index (κ1) is 21.9. The number of carbonyl (C=O) groups excluding carboxylic acids is 1. The first-order valence-corrected chi connectivity index (χ1v) is 10.8. The second-order valence-electron chi connectivity index (χ2n) is 7.22. The number of nitrogens with one attached hydrogen (secondary N) is 1. The van der Waals surface area contributed by atoms with Crippen LogP contribution in [0.5, 0.6) is 0 Å². The third-order valence-corrected chi connectivity index (χ3v) is 5.59. The van der Waals surface area contributed by atoms with Gasteiger partial charge in [-0.2, -0.15) is 4.72 Å². The van der Waals surface area contributed by atoms with Gasteiger partial charge in [0.2, 0.25) is 15.9 Å². The molecule has 0 spiro atoms. The lowest BCUT2D eigenvalue weighted by molar-refractivity contribution is -0.133. The van der Waals surface area contributed by atoms with Crippen LogP contribution in [0.15, 0.2) is 60.0 Å². The molecule has 0 aliphatic rings. The summed E-state index contributed by atoms with van der Waals surface area (Å²) in [4.78, 5) is 14.5. The SMILES string of the molecule is Cc1ccccc1CN(C)C(=O)[C@@H](NS(=O)(=O)/C=C/c1ccccc1)C(C)C. The van der Waals surface area contributed by atoms with Crippen molar-refractivity contribution in [1.82, 2.24) is 9.62 Å². The number of likely N-dealkylation sites (N-methyl/N-ethyl adjacent to an activating group) is 1. The smallest absolute Gasteiger partial charge is 0.241 e. The Morgan fingerprint density at radius 2 is 1.68 bits per heavy atom. The van der Waals surface area contributed by atoms with Crippen LogP contribution in [0, 0.1) is 12.8 Å². The van der Waals surface area contributed by atoms with Crippen LogP contribution in [-0.2, 0) is 21.4 Å². The molecular formula is C22H28N2O3S. The van der Waals surface area contributed by atoms with Crippen LogP contribution in [0.2, 0.25) is 0 Å². The Morgan fingerprint density at radius 3 is 2.29 bits per heavy atom. The highest BCUT2D eigenvalue weighted by molar-refractivity contribution is 7.92. The Hall–Kier alpha value is -2.44. The van der Waals surface area contributed by atoms with Gasteiger partial charge in [-0.15, -0.1) is 0 Å². The van der Waals surface area contributed by atoms with E-state index < -0.39 is 16.1 Å².